The van der Waals surface area contributed by atoms with Gasteiger partial charge in [0.25, 0.3) is 0 Å². The van der Waals surface area contributed by atoms with Gasteiger partial charge >= 0.3 is 0 Å². The minimum Gasteiger partial charge on any atom is -0.488 e. The summed E-state index contributed by atoms with van der Waals surface area (Å²) in [4.78, 5) is 4.27. The van der Waals surface area contributed by atoms with Crippen molar-refractivity contribution in [2.75, 3.05) is 20.8 Å². The van der Waals surface area contributed by atoms with Gasteiger partial charge in [-0.25, -0.2) is 0 Å². The van der Waals surface area contributed by atoms with Crippen molar-refractivity contribution in [1.29, 1.82) is 0 Å². The molecule has 0 aliphatic rings. The van der Waals surface area contributed by atoms with Crippen LogP contribution in [0.25, 0.3) is 32.6 Å². The van der Waals surface area contributed by atoms with E-state index in [2.05, 4.69) is 47.8 Å². The second-order valence-corrected chi connectivity index (χ2v) is 6.44. The fraction of sp³-hybridized carbons (Fsp3) is 0.286. The summed E-state index contributed by atoms with van der Waals surface area (Å²) in [6.45, 7) is 2.51. The molecule has 0 fully saturated rings. The van der Waals surface area contributed by atoms with Crippen LogP contribution < -0.4 is 4.74 Å². The number of pyridine rings is 1. The van der Waals surface area contributed by atoms with Crippen LogP contribution in [0.5, 0.6) is 5.75 Å². The Bertz CT molecular complexity index is 1100. The number of hydrogen-bond donors (Lipinski definition) is 0. The maximum Gasteiger partial charge on any atom is 0.191 e. The van der Waals surface area contributed by atoms with Gasteiger partial charge in [-0.05, 0) is 48.2 Å². The van der Waals surface area contributed by atoms with Crippen LogP contribution in [0.3, 0.4) is 0 Å². The average Bonchev–Trinajstić information content (AvgIpc) is 2.95. The van der Waals surface area contributed by atoms with Crippen LogP contribution in [0.1, 0.15) is 5.56 Å². The third kappa shape index (κ3) is 2.60. The van der Waals surface area contributed by atoms with Crippen LogP contribution in [0, 0.1) is 6.92 Å². The molecule has 0 spiro atoms. The van der Waals surface area contributed by atoms with E-state index < -0.39 is 0 Å². The Hall–Kier alpha value is -2.63. The van der Waals surface area contributed by atoms with E-state index in [-0.39, 0.29) is 6.29 Å². The molecule has 2 aromatic carbocycles. The monoisotopic (exact) mass is 350 g/mol. The van der Waals surface area contributed by atoms with Crippen LogP contribution >= 0.6 is 0 Å². The first-order valence-electron chi connectivity index (χ1n) is 8.58. The van der Waals surface area contributed by atoms with Crippen molar-refractivity contribution in [3.8, 4) is 5.75 Å². The summed E-state index contributed by atoms with van der Waals surface area (Å²) < 4.78 is 18.5. The Labute approximate surface area is 152 Å². The first-order valence-corrected chi connectivity index (χ1v) is 8.58. The van der Waals surface area contributed by atoms with Crippen molar-refractivity contribution in [3.05, 3.63) is 48.3 Å². The lowest BCUT2D eigenvalue weighted by atomic mass is 10.0. The van der Waals surface area contributed by atoms with E-state index in [9.17, 15) is 0 Å². The maximum absolute atomic E-state index is 5.86. The molecular formula is C21H22N2O3. The van der Waals surface area contributed by atoms with Gasteiger partial charge in [-0.2, -0.15) is 0 Å². The summed E-state index contributed by atoms with van der Waals surface area (Å²) in [5.41, 5.74) is 3.68. The number of methoxy groups -OCH3 is 2. The number of benzene rings is 2. The number of fused-ring (bicyclic) bond motifs is 4. The highest BCUT2D eigenvalue weighted by atomic mass is 16.7. The van der Waals surface area contributed by atoms with Crippen molar-refractivity contribution < 1.29 is 14.2 Å². The third-order valence-corrected chi connectivity index (χ3v) is 5.03. The molecule has 26 heavy (non-hydrogen) atoms. The third-order valence-electron chi connectivity index (χ3n) is 5.03. The van der Waals surface area contributed by atoms with E-state index in [4.69, 9.17) is 14.2 Å². The van der Waals surface area contributed by atoms with Crippen molar-refractivity contribution in [1.82, 2.24) is 9.55 Å². The fourth-order valence-electron chi connectivity index (χ4n) is 3.68. The molecule has 0 atom stereocenters. The van der Waals surface area contributed by atoms with E-state index in [0.717, 1.165) is 11.1 Å². The number of hydrogen-bond acceptors (Lipinski definition) is 4. The molecule has 0 aliphatic heterocycles. The molecule has 2 heterocycles. The highest BCUT2D eigenvalue weighted by Gasteiger charge is 2.14. The maximum atomic E-state index is 5.86. The molecule has 4 rings (SSSR count). The van der Waals surface area contributed by atoms with Crippen molar-refractivity contribution in [3.63, 3.8) is 0 Å². The molecular weight excluding hydrogens is 328 g/mol. The Morgan fingerprint density at radius 2 is 1.85 bits per heavy atom. The first kappa shape index (κ1) is 16.8. The largest absolute Gasteiger partial charge is 0.488 e. The second-order valence-electron chi connectivity index (χ2n) is 6.44. The van der Waals surface area contributed by atoms with E-state index in [1.54, 1.807) is 14.2 Å². The summed E-state index contributed by atoms with van der Waals surface area (Å²) in [5, 5.41) is 4.76. The smallest absolute Gasteiger partial charge is 0.191 e. The predicted octanol–water partition coefficient (Wildman–Crippen LogP) is 4.19. The highest BCUT2D eigenvalue weighted by Crippen LogP contribution is 2.36. The summed E-state index contributed by atoms with van der Waals surface area (Å²) in [5.74, 6) is 0.799. The molecule has 2 aromatic heterocycles. The van der Waals surface area contributed by atoms with Crippen LogP contribution in [-0.4, -0.2) is 36.7 Å². The van der Waals surface area contributed by atoms with E-state index in [1.165, 1.54) is 32.8 Å². The summed E-state index contributed by atoms with van der Waals surface area (Å²) in [6, 6.07) is 10.5. The zero-order valence-electron chi connectivity index (χ0n) is 15.4. The molecule has 134 valence electrons. The van der Waals surface area contributed by atoms with E-state index in [1.807, 2.05) is 18.5 Å². The predicted molar refractivity (Wildman–Crippen MR) is 104 cm³/mol. The summed E-state index contributed by atoms with van der Waals surface area (Å²) >= 11 is 0. The van der Waals surface area contributed by atoms with Crippen molar-refractivity contribution in [2.24, 2.45) is 7.05 Å². The van der Waals surface area contributed by atoms with Gasteiger partial charge in [-0.15, -0.1) is 0 Å². The molecule has 0 saturated carbocycles. The molecule has 0 radical (unpaired) electrons. The van der Waals surface area contributed by atoms with Gasteiger partial charge in [0, 0.05) is 55.3 Å². The summed E-state index contributed by atoms with van der Waals surface area (Å²) in [7, 11) is 5.32. The molecule has 5 nitrogen and oxygen atoms in total. The van der Waals surface area contributed by atoms with Gasteiger partial charge in [0.15, 0.2) is 6.29 Å². The van der Waals surface area contributed by atoms with Crippen molar-refractivity contribution in [2.45, 2.75) is 13.2 Å². The number of rotatable bonds is 5. The zero-order chi connectivity index (χ0) is 18.3. The number of ether oxygens (including phenoxy) is 3. The Morgan fingerprint density at radius 3 is 2.62 bits per heavy atom. The van der Waals surface area contributed by atoms with Crippen LogP contribution in [0.4, 0.5) is 0 Å². The van der Waals surface area contributed by atoms with Crippen LogP contribution in [0.2, 0.25) is 0 Å². The van der Waals surface area contributed by atoms with Crippen LogP contribution in [-0.2, 0) is 16.5 Å². The SMILES string of the molecule is COC(COc1ccc2c(c1)c1cc3cnccc3c(C)c1n2C)OC. The van der Waals surface area contributed by atoms with Gasteiger partial charge in [-0.1, -0.05) is 0 Å². The minimum absolute atomic E-state index is 0.342. The Kier molecular flexibility index (Phi) is 4.26. The summed E-state index contributed by atoms with van der Waals surface area (Å²) in [6.07, 6.45) is 3.39. The number of aryl methyl sites for hydroxylation is 2. The van der Waals surface area contributed by atoms with E-state index in [0.29, 0.717) is 6.61 Å². The first-order chi connectivity index (χ1) is 12.6. The molecule has 0 amide bonds. The lowest BCUT2D eigenvalue weighted by Crippen LogP contribution is -2.21. The molecule has 4 aromatic rings. The Morgan fingerprint density at radius 1 is 1.04 bits per heavy atom. The quantitative estimate of drug-likeness (QED) is 0.507. The van der Waals surface area contributed by atoms with E-state index >= 15 is 0 Å². The van der Waals surface area contributed by atoms with Gasteiger partial charge in [0.05, 0.1) is 5.52 Å². The van der Waals surface area contributed by atoms with Gasteiger partial charge in [0.1, 0.15) is 12.4 Å². The zero-order valence-corrected chi connectivity index (χ0v) is 15.4. The lowest BCUT2D eigenvalue weighted by molar-refractivity contribution is -0.121. The highest BCUT2D eigenvalue weighted by molar-refractivity contribution is 6.14. The topological polar surface area (TPSA) is 45.5 Å². The van der Waals surface area contributed by atoms with Gasteiger partial charge in [-0.3, -0.25) is 4.98 Å². The number of nitrogens with zero attached hydrogens (tertiary/aromatic N) is 2. The average molecular weight is 350 g/mol. The normalized spacial score (nSPS) is 11.9. The minimum atomic E-state index is -0.379. The molecule has 0 saturated heterocycles. The molecule has 0 N–H and O–H groups in total. The fourth-order valence-corrected chi connectivity index (χ4v) is 3.68. The standard InChI is InChI=1S/C21H22N2O3/c1-13-16-7-8-22-11-14(16)9-18-17-10-15(26-12-20(24-3)25-4)5-6-19(17)23(2)21(13)18/h5-11,20H,12H2,1-4H3. The van der Waals surface area contributed by atoms with Crippen molar-refractivity contribution >= 4 is 32.6 Å². The molecule has 5 heteroatoms. The molecule has 0 aliphatic carbocycles. The second kappa shape index (κ2) is 6.59. The molecule has 0 bridgehead atoms. The lowest BCUT2D eigenvalue weighted by Gasteiger charge is -2.14. The molecule has 0 unspecified atom stereocenters. The van der Waals surface area contributed by atoms with Gasteiger partial charge in [0.2, 0.25) is 0 Å². The van der Waals surface area contributed by atoms with Gasteiger partial charge < -0.3 is 18.8 Å². The van der Waals surface area contributed by atoms with Crippen LogP contribution in [0.15, 0.2) is 42.7 Å². The number of aromatic nitrogens is 2. The Balaban J connectivity index is 1.88.